The highest BCUT2D eigenvalue weighted by Gasteiger charge is 2.30. The maximum absolute atomic E-state index is 6.14. The minimum absolute atomic E-state index is 0.197. The highest BCUT2D eigenvalue weighted by molar-refractivity contribution is 5.26. The molecule has 0 aliphatic carbocycles. The van der Waals surface area contributed by atoms with Crippen LogP contribution in [0.25, 0.3) is 0 Å². The summed E-state index contributed by atoms with van der Waals surface area (Å²) in [6, 6.07) is 15.1. The monoisotopic (exact) mass is 284 g/mol. The Morgan fingerprint density at radius 3 is 2.67 bits per heavy atom. The van der Waals surface area contributed by atoms with Crippen LogP contribution in [-0.4, -0.2) is 24.0 Å². The Morgan fingerprint density at radius 2 is 2.00 bits per heavy atom. The van der Waals surface area contributed by atoms with Gasteiger partial charge in [-0.2, -0.15) is 0 Å². The van der Waals surface area contributed by atoms with Gasteiger partial charge in [-0.25, -0.2) is 0 Å². The molecule has 112 valence electrons. The summed E-state index contributed by atoms with van der Waals surface area (Å²) in [4.78, 5) is 2.52. The summed E-state index contributed by atoms with van der Waals surface area (Å²) >= 11 is 0. The number of likely N-dealkylation sites (tertiary alicyclic amines) is 1. The van der Waals surface area contributed by atoms with E-state index >= 15 is 0 Å². The Bertz CT molecular complexity index is 536. The molecule has 1 aliphatic rings. The molecule has 2 heterocycles. The fourth-order valence-electron chi connectivity index (χ4n) is 3.34. The second kappa shape index (κ2) is 6.46. The molecular formula is C18H24N2O. The van der Waals surface area contributed by atoms with Gasteiger partial charge in [0.2, 0.25) is 0 Å². The first-order valence-electron chi connectivity index (χ1n) is 7.83. The van der Waals surface area contributed by atoms with Crippen molar-refractivity contribution in [2.45, 2.75) is 31.8 Å². The van der Waals surface area contributed by atoms with Gasteiger partial charge in [0.25, 0.3) is 0 Å². The maximum atomic E-state index is 6.14. The normalized spacial score (nSPS) is 22.9. The number of rotatable bonds is 4. The summed E-state index contributed by atoms with van der Waals surface area (Å²) in [6.45, 7) is 4.26. The average molecular weight is 284 g/mol. The fraction of sp³-hybridized carbons (Fsp3) is 0.444. The molecule has 0 spiro atoms. The third-order valence-electron chi connectivity index (χ3n) is 4.53. The summed E-state index contributed by atoms with van der Waals surface area (Å²) in [7, 11) is 0. The van der Waals surface area contributed by atoms with Crippen molar-refractivity contribution >= 4 is 0 Å². The van der Waals surface area contributed by atoms with Crippen LogP contribution < -0.4 is 5.73 Å². The Kier molecular flexibility index (Phi) is 4.42. The first-order valence-corrected chi connectivity index (χ1v) is 7.83. The first-order chi connectivity index (χ1) is 10.3. The van der Waals surface area contributed by atoms with E-state index in [1.807, 2.05) is 6.07 Å². The van der Waals surface area contributed by atoms with Crippen molar-refractivity contribution in [1.82, 2.24) is 4.90 Å². The topological polar surface area (TPSA) is 42.4 Å². The van der Waals surface area contributed by atoms with E-state index in [0.29, 0.717) is 5.92 Å². The van der Waals surface area contributed by atoms with Crippen molar-refractivity contribution in [3.63, 3.8) is 0 Å². The predicted molar refractivity (Wildman–Crippen MR) is 84.9 cm³/mol. The summed E-state index contributed by atoms with van der Waals surface area (Å²) in [6.07, 6.45) is 4.20. The molecule has 0 amide bonds. The van der Waals surface area contributed by atoms with Crippen molar-refractivity contribution in [1.29, 1.82) is 0 Å². The molecule has 3 unspecified atom stereocenters. The number of benzene rings is 1. The van der Waals surface area contributed by atoms with E-state index < -0.39 is 0 Å². The van der Waals surface area contributed by atoms with Crippen LogP contribution in [0.1, 0.15) is 37.1 Å². The molecule has 3 heteroatoms. The molecule has 2 aromatic rings. The molecule has 1 aromatic heterocycles. The van der Waals surface area contributed by atoms with Crippen LogP contribution in [-0.2, 0) is 0 Å². The SMILES string of the molecule is CC(N)C1CCCN(C(c2ccccc2)c2ccco2)C1. The number of hydrogen-bond acceptors (Lipinski definition) is 3. The zero-order valence-electron chi connectivity index (χ0n) is 12.6. The smallest absolute Gasteiger partial charge is 0.125 e. The minimum Gasteiger partial charge on any atom is -0.467 e. The molecule has 1 fully saturated rings. The van der Waals surface area contributed by atoms with E-state index in [0.717, 1.165) is 18.8 Å². The van der Waals surface area contributed by atoms with E-state index in [4.69, 9.17) is 10.2 Å². The van der Waals surface area contributed by atoms with E-state index in [1.165, 1.54) is 18.4 Å². The number of nitrogens with zero attached hydrogens (tertiary/aromatic N) is 1. The lowest BCUT2D eigenvalue weighted by Gasteiger charge is -2.39. The van der Waals surface area contributed by atoms with E-state index in [2.05, 4.69) is 48.2 Å². The van der Waals surface area contributed by atoms with Crippen LogP contribution in [0, 0.1) is 5.92 Å². The second-order valence-electron chi connectivity index (χ2n) is 6.09. The third kappa shape index (κ3) is 3.20. The van der Waals surface area contributed by atoms with Gasteiger partial charge in [0.15, 0.2) is 0 Å². The Hall–Kier alpha value is -1.58. The van der Waals surface area contributed by atoms with Crippen LogP contribution in [0.5, 0.6) is 0 Å². The Balaban J connectivity index is 1.89. The lowest BCUT2D eigenvalue weighted by molar-refractivity contribution is 0.120. The molecule has 0 saturated carbocycles. The van der Waals surface area contributed by atoms with Crippen LogP contribution in [0.15, 0.2) is 53.1 Å². The van der Waals surface area contributed by atoms with Gasteiger partial charge < -0.3 is 10.2 Å². The largest absolute Gasteiger partial charge is 0.467 e. The van der Waals surface area contributed by atoms with E-state index in [-0.39, 0.29) is 12.1 Å². The van der Waals surface area contributed by atoms with Crippen LogP contribution in [0.4, 0.5) is 0 Å². The van der Waals surface area contributed by atoms with Crippen LogP contribution in [0.3, 0.4) is 0 Å². The number of nitrogens with two attached hydrogens (primary N) is 1. The molecule has 1 aromatic carbocycles. The third-order valence-corrected chi connectivity index (χ3v) is 4.53. The van der Waals surface area contributed by atoms with Crippen LogP contribution in [0.2, 0.25) is 0 Å². The lowest BCUT2D eigenvalue weighted by Crippen LogP contribution is -2.44. The maximum Gasteiger partial charge on any atom is 0.125 e. The molecule has 2 N–H and O–H groups in total. The van der Waals surface area contributed by atoms with Gasteiger partial charge in [-0.05, 0) is 49.9 Å². The van der Waals surface area contributed by atoms with Gasteiger partial charge in [-0.1, -0.05) is 30.3 Å². The van der Waals surface area contributed by atoms with Crippen molar-refractivity contribution in [3.05, 3.63) is 60.1 Å². The Labute approximate surface area is 126 Å². The van der Waals surface area contributed by atoms with Gasteiger partial charge in [0, 0.05) is 12.6 Å². The molecule has 0 bridgehead atoms. The minimum atomic E-state index is 0.197. The van der Waals surface area contributed by atoms with Crippen molar-refractivity contribution in [2.75, 3.05) is 13.1 Å². The quantitative estimate of drug-likeness (QED) is 0.935. The molecule has 21 heavy (non-hydrogen) atoms. The predicted octanol–water partition coefficient (Wildman–Crippen LogP) is 3.43. The summed E-state index contributed by atoms with van der Waals surface area (Å²) in [5, 5.41) is 0. The molecule has 3 rings (SSSR count). The van der Waals surface area contributed by atoms with Gasteiger partial charge in [0.1, 0.15) is 5.76 Å². The molecule has 1 aliphatic heterocycles. The zero-order valence-corrected chi connectivity index (χ0v) is 12.6. The summed E-state index contributed by atoms with van der Waals surface area (Å²) < 4.78 is 5.73. The van der Waals surface area contributed by atoms with Crippen molar-refractivity contribution in [3.8, 4) is 0 Å². The molecule has 1 saturated heterocycles. The molecule has 0 radical (unpaired) electrons. The first kappa shape index (κ1) is 14.4. The zero-order chi connectivity index (χ0) is 14.7. The van der Waals surface area contributed by atoms with Crippen molar-refractivity contribution in [2.24, 2.45) is 11.7 Å². The van der Waals surface area contributed by atoms with E-state index in [9.17, 15) is 0 Å². The van der Waals surface area contributed by atoms with Crippen molar-refractivity contribution < 1.29 is 4.42 Å². The summed E-state index contributed by atoms with van der Waals surface area (Å²) in [5.41, 5.74) is 7.43. The molecular weight excluding hydrogens is 260 g/mol. The van der Waals surface area contributed by atoms with Gasteiger partial charge in [-0.15, -0.1) is 0 Å². The highest BCUT2D eigenvalue weighted by atomic mass is 16.3. The average Bonchev–Trinajstić information content (AvgIpc) is 3.03. The van der Waals surface area contributed by atoms with Crippen LogP contribution >= 0.6 is 0 Å². The molecule has 3 nitrogen and oxygen atoms in total. The Morgan fingerprint density at radius 1 is 1.19 bits per heavy atom. The van der Waals surface area contributed by atoms with Gasteiger partial charge in [0.05, 0.1) is 12.3 Å². The standard InChI is InChI=1S/C18H24N2O/c1-14(19)16-9-5-11-20(13-16)18(17-10-6-12-21-17)15-7-3-2-4-8-15/h2-4,6-8,10,12,14,16,18H,5,9,11,13,19H2,1H3. The van der Waals surface area contributed by atoms with Gasteiger partial charge >= 0.3 is 0 Å². The number of piperidine rings is 1. The second-order valence-corrected chi connectivity index (χ2v) is 6.09. The molecule has 3 atom stereocenters. The highest BCUT2D eigenvalue weighted by Crippen LogP contribution is 2.33. The van der Waals surface area contributed by atoms with Gasteiger partial charge in [-0.3, -0.25) is 4.90 Å². The summed E-state index contributed by atoms with van der Waals surface area (Å²) in [5.74, 6) is 1.59. The number of hydrogen-bond donors (Lipinski definition) is 1. The van der Waals surface area contributed by atoms with E-state index in [1.54, 1.807) is 6.26 Å². The lowest BCUT2D eigenvalue weighted by atomic mass is 9.90. The number of furan rings is 1. The fourth-order valence-corrected chi connectivity index (χ4v) is 3.34.